The second-order valence-electron chi connectivity index (χ2n) is 5.40. The van der Waals surface area contributed by atoms with Crippen LogP contribution in [0.4, 0.5) is 17.5 Å². The van der Waals surface area contributed by atoms with Crippen molar-refractivity contribution in [2.45, 2.75) is 13.1 Å². The van der Waals surface area contributed by atoms with E-state index in [1.165, 1.54) is 6.20 Å². The Bertz CT molecular complexity index is 870. The number of benzene rings is 1. The molecule has 2 heterocycles. The number of nitrogens with zero attached hydrogens (tertiary/aromatic N) is 4. The van der Waals surface area contributed by atoms with Crippen LogP contribution in [0.25, 0.3) is 0 Å². The number of para-hydroxylation sites is 1. The van der Waals surface area contributed by atoms with E-state index in [0.717, 1.165) is 17.0 Å². The molecule has 3 rings (SSSR count). The number of aromatic nitrogens is 4. The highest BCUT2D eigenvalue weighted by molar-refractivity contribution is 6.32. The number of aliphatic hydroxyl groups excluding tert-OH is 1. The third-order valence-corrected chi connectivity index (χ3v) is 3.88. The van der Waals surface area contributed by atoms with Crippen LogP contribution in [0.3, 0.4) is 0 Å². The predicted molar refractivity (Wildman–Crippen MR) is 100.0 cm³/mol. The minimum absolute atomic E-state index is 0.0234. The number of aliphatic hydroxyl groups is 1. The molecule has 26 heavy (non-hydrogen) atoms. The van der Waals surface area contributed by atoms with Crippen molar-refractivity contribution < 1.29 is 9.84 Å². The third-order valence-electron chi connectivity index (χ3n) is 3.60. The van der Waals surface area contributed by atoms with Crippen LogP contribution >= 0.6 is 11.6 Å². The maximum absolute atomic E-state index is 8.94. The highest BCUT2D eigenvalue weighted by Crippen LogP contribution is 2.24. The smallest absolute Gasteiger partial charge is 0.229 e. The highest BCUT2D eigenvalue weighted by Gasteiger charge is 2.08. The van der Waals surface area contributed by atoms with Crippen molar-refractivity contribution in [2.24, 2.45) is 0 Å². The lowest BCUT2D eigenvalue weighted by Gasteiger charge is -2.11. The predicted octanol–water partition coefficient (Wildman–Crippen LogP) is 2.68. The van der Waals surface area contributed by atoms with Gasteiger partial charge in [0.05, 0.1) is 38.3 Å². The lowest BCUT2D eigenvalue weighted by atomic mass is 10.2. The Hall–Kier alpha value is -2.84. The van der Waals surface area contributed by atoms with Crippen molar-refractivity contribution in [3.05, 3.63) is 53.4 Å². The molecule has 0 amide bonds. The van der Waals surface area contributed by atoms with Crippen LogP contribution in [0.2, 0.25) is 5.02 Å². The van der Waals surface area contributed by atoms with E-state index < -0.39 is 0 Å². The zero-order valence-electron chi connectivity index (χ0n) is 14.2. The van der Waals surface area contributed by atoms with E-state index in [9.17, 15) is 0 Å². The van der Waals surface area contributed by atoms with Gasteiger partial charge in [0.25, 0.3) is 0 Å². The van der Waals surface area contributed by atoms with Crippen LogP contribution in [0.1, 0.15) is 5.56 Å². The number of halogens is 1. The molecule has 0 bridgehead atoms. The van der Waals surface area contributed by atoms with E-state index in [0.29, 0.717) is 29.9 Å². The maximum atomic E-state index is 8.94. The second-order valence-corrected chi connectivity index (χ2v) is 5.80. The molecule has 1 aromatic carbocycles. The van der Waals surface area contributed by atoms with Gasteiger partial charge >= 0.3 is 0 Å². The second kappa shape index (κ2) is 8.50. The summed E-state index contributed by atoms with van der Waals surface area (Å²) < 4.78 is 6.97. The lowest BCUT2D eigenvalue weighted by molar-refractivity contribution is 0.269. The largest absolute Gasteiger partial charge is 0.496 e. The average Bonchev–Trinajstić information content (AvgIpc) is 3.09. The van der Waals surface area contributed by atoms with Gasteiger partial charge in [0.1, 0.15) is 10.8 Å². The zero-order valence-corrected chi connectivity index (χ0v) is 14.9. The molecule has 136 valence electrons. The summed E-state index contributed by atoms with van der Waals surface area (Å²) in [7, 11) is 1.63. The quantitative estimate of drug-likeness (QED) is 0.557. The first kappa shape index (κ1) is 18.0. The summed E-state index contributed by atoms with van der Waals surface area (Å²) in [4.78, 5) is 8.57. The van der Waals surface area contributed by atoms with Gasteiger partial charge in [-0.05, 0) is 6.07 Å². The number of anilines is 3. The van der Waals surface area contributed by atoms with Gasteiger partial charge in [-0.25, -0.2) is 4.98 Å². The van der Waals surface area contributed by atoms with E-state index in [2.05, 4.69) is 25.7 Å². The normalized spacial score (nSPS) is 10.6. The van der Waals surface area contributed by atoms with Crippen molar-refractivity contribution in [3.63, 3.8) is 0 Å². The summed E-state index contributed by atoms with van der Waals surface area (Å²) in [5.41, 5.74) is 1.71. The molecule has 8 nitrogen and oxygen atoms in total. The molecule has 0 aliphatic rings. The minimum Gasteiger partial charge on any atom is -0.496 e. The van der Waals surface area contributed by atoms with Crippen LogP contribution < -0.4 is 15.4 Å². The summed E-state index contributed by atoms with van der Waals surface area (Å²) in [6.45, 7) is 0.957. The number of hydrogen-bond acceptors (Lipinski definition) is 7. The fraction of sp³-hybridized carbons (Fsp3) is 0.235. The molecule has 0 atom stereocenters. The number of rotatable bonds is 8. The van der Waals surface area contributed by atoms with Crippen molar-refractivity contribution >= 4 is 29.1 Å². The molecular formula is C17H19ClN6O2. The molecule has 0 saturated carbocycles. The topological polar surface area (TPSA) is 97.1 Å². The minimum atomic E-state index is 0.0234. The van der Waals surface area contributed by atoms with E-state index >= 15 is 0 Å². The van der Waals surface area contributed by atoms with Crippen LogP contribution in [0.15, 0.2) is 42.9 Å². The molecular weight excluding hydrogens is 356 g/mol. The fourth-order valence-electron chi connectivity index (χ4n) is 2.36. The molecule has 3 N–H and O–H groups in total. The molecule has 0 unspecified atom stereocenters. The van der Waals surface area contributed by atoms with Gasteiger partial charge in [-0.3, -0.25) is 4.68 Å². The number of ether oxygens (including phenoxy) is 1. The van der Waals surface area contributed by atoms with Crippen molar-refractivity contribution in [1.29, 1.82) is 0 Å². The molecule has 3 aromatic rings. The summed E-state index contributed by atoms with van der Waals surface area (Å²) in [6.07, 6.45) is 4.92. The van der Waals surface area contributed by atoms with Crippen molar-refractivity contribution in [2.75, 3.05) is 24.4 Å². The Labute approximate surface area is 155 Å². The first-order chi connectivity index (χ1) is 12.7. The summed E-state index contributed by atoms with van der Waals surface area (Å²) >= 11 is 6.19. The molecule has 0 radical (unpaired) electrons. The van der Waals surface area contributed by atoms with E-state index in [-0.39, 0.29) is 6.61 Å². The molecule has 0 saturated heterocycles. The van der Waals surface area contributed by atoms with Gasteiger partial charge < -0.3 is 20.5 Å². The average molecular weight is 375 g/mol. The van der Waals surface area contributed by atoms with Crippen LogP contribution in [-0.2, 0) is 13.1 Å². The summed E-state index contributed by atoms with van der Waals surface area (Å²) in [5.74, 6) is 1.69. The summed E-state index contributed by atoms with van der Waals surface area (Å²) in [5, 5.41) is 19.7. The van der Waals surface area contributed by atoms with E-state index in [1.807, 2.05) is 24.3 Å². The monoisotopic (exact) mass is 374 g/mol. The van der Waals surface area contributed by atoms with Gasteiger partial charge in [0.15, 0.2) is 5.82 Å². The van der Waals surface area contributed by atoms with Crippen LogP contribution in [-0.4, -0.2) is 38.6 Å². The number of methoxy groups -OCH3 is 1. The Balaban J connectivity index is 1.70. The van der Waals surface area contributed by atoms with Gasteiger partial charge in [-0.1, -0.05) is 29.8 Å². The van der Waals surface area contributed by atoms with E-state index in [4.69, 9.17) is 21.4 Å². The van der Waals surface area contributed by atoms with Gasteiger partial charge in [-0.15, -0.1) is 0 Å². The Kier molecular flexibility index (Phi) is 5.88. The van der Waals surface area contributed by atoms with Gasteiger partial charge in [-0.2, -0.15) is 10.1 Å². The third kappa shape index (κ3) is 4.41. The van der Waals surface area contributed by atoms with E-state index in [1.54, 1.807) is 24.2 Å². The molecule has 0 spiro atoms. The summed E-state index contributed by atoms with van der Waals surface area (Å²) in [6, 6.07) is 7.72. The fourth-order valence-corrected chi connectivity index (χ4v) is 2.52. The first-order valence-electron chi connectivity index (χ1n) is 7.98. The molecule has 0 aliphatic heterocycles. The lowest BCUT2D eigenvalue weighted by Crippen LogP contribution is -2.06. The Morgan fingerprint density at radius 2 is 2.12 bits per heavy atom. The molecule has 0 fully saturated rings. The van der Waals surface area contributed by atoms with Crippen LogP contribution in [0, 0.1) is 0 Å². The van der Waals surface area contributed by atoms with Crippen LogP contribution in [0.5, 0.6) is 5.75 Å². The zero-order chi connectivity index (χ0) is 18.4. The highest BCUT2D eigenvalue weighted by atomic mass is 35.5. The Morgan fingerprint density at radius 1 is 1.27 bits per heavy atom. The standard InChI is InChI=1S/C17H19ClN6O2/c1-26-15-5-3-2-4-12(15)8-19-16-14(18)10-20-17(23-16)22-13-9-21-24(11-13)6-7-25/h2-5,9-11,25H,6-8H2,1H3,(H2,19,20,22,23). The Morgan fingerprint density at radius 3 is 2.92 bits per heavy atom. The van der Waals surface area contributed by atoms with Gasteiger partial charge in [0, 0.05) is 18.3 Å². The number of hydrogen-bond donors (Lipinski definition) is 3. The molecule has 9 heteroatoms. The SMILES string of the molecule is COc1ccccc1CNc1nc(Nc2cnn(CCO)c2)ncc1Cl. The van der Waals surface area contributed by atoms with Crippen molar-refractivity contribution in [1.82, 2.24) is 19.7 Å². The van der Waals surface area contributed by atoms with Gasteiger partial charge in [0.2, 0.25) is 5.95 Å². The number of nitrogens with one attached hydrogen (secondary N) is 2. The van der Waals surface area contributed by atoms with Crippen molar-refractivity contribution in [3.8, 4) is 5.75 Å². The maximum Gasteiger partial charge on any atom is 0.229 e. The molecule has 0 aliphatic carbocycles. The first-order valence-corrected chi connectivity index (χ1v) is 8.36. The molecule has 2 aromatic heterocycles.